The number of nitriles is 1. The van der Waals surface area contributed by atoms with Crippen molar-refractivity contribution in [1.82, 2.24) is 0 Å². The molecule has 17 heavy (non-hydrogen) atoms. The SMILES string of the molecule is N#CCC(=O)Nc1cc(Cl)c(Cl)cc1C(=O)O. The van der Waals surface area contributed by atoms with Crippen molar-refractivity contribution < 1.29 is 14.7 Å². The lowest BCUT2D eigenvalue weighted by Gasteiger charge is -2.08. The number of nitrogens with one attached hydrogen (secondary N) is 1. The van der Waals surface area contributed by atoms with E-state index in [2.05, 4.69) is 5.32 Å². The molecule has 0 aliphatic heterocycles. The van der Waals surface area contributed by atoms with Gasteiger partial charge < -0.3 is 10.4 Å². The van der Waals surface area contributed by atoms with Crippen LogP contribution in [0.15, 0.2) is 12.1 Å². The van der Waals surface area contributed by atoms with Crippen LogP contribution in [0.5, 0.6) is 0 Å². The number of carbonyl (C=O) groups excluding carboxylic acids is 1. The van der Waals surface area contributed by atoms with E-state index in [-0.39, 0.29) is 27.7 Å². The van der Waals surface area contributed by atoms with E-state index < -0.39 is 11.9 Å². The number of carboxylic acids is 1. The smallest absolute Gasteiger partial charge is 0.337 e. The van der Waals surface area contributed by atoms with Crippen LogP contribution in [-0.2, 0) is 4.79 Å². The van der Waals surface area contributed by atoms with Gasteiger partial charge in [0.1, 0.15) is 6.42 Å². The molecule has 7 heteroatoms. The first-order chi connectivity index (χ1) is 7.95. The van der Waals surface area contributed by atoms with Crippen LogP contribution in [0.25, 0.3) is 0 Å². The standard InChI is InChI=1S/C10H6Cl2N2O3/c11-6-3-5(10(16)17)8(4-7(6)12)14-9(15)1-2-13/h3-4H,1H2,(H,14,15)(H,16,17). The summed E-state index contributed by atoms with van der Waals surface area (Å²) in [6.45, 7) is 0. The van der Waals surface area contributed by atoms with Gasteiger partial charge in [0, 0.05) is 0 Å². The van der Waals surface area contributed by atoms with Gasteiger partial charge in [-0.1, -0.05) is 23.2 Å². The molecule has 0 fully saturated rings. The number of aromatic carboxylic acids is 1. The van der Waals surface area contributed by atoms with Crippen molar-refractivity contribution in [3.63, 3.8) is 0 Å². The molecule has 0 saturated carbocycles. The highest BCUT2D eigenvalue weighted by Crippen LogP contribution is 2.29. The third kappa shape index (κ3) is 3.34. The zero-order chi connectivity index (χ0) is 13.0. The Kier molecular flexibility index (Phi) is 4.32. The fraction of sp³-hybridized carbons (Fsp3) is 0.100. The number of benzene rings is 1. The van der Waals surface area contributed by atoms with Crippen LogP contribution in [0, 0.1) is 11.3 Å². The summed E-state index contributed by atoms with van der Waals surface area (Å²) in [6, 6.07) is 4.00. The van der Waals surface area contributed by atoms with Gasteiger partial charge in [-0.25, -0.2) is 4.79 Å². The Morgan fingerprint density at radius 2 is 1.94 bits per heavy atom. The van der Waals surface area contributed by atoms with Crippen LogP contribution in [0.1, 0.15) is 16.8 Å². The monoisotopic (exact) mass is 272 g/mol. The molecule has 0 aliphatic carbocycles. The van der Waals surface area contributed by atoms with Crippen LogP contribution < -0.4 is 5.32 Å². The van der Waals surface area contributed by atoms with Crippen molar-refractivity contribution >= 4 is 40.8 Å². The molecule has 0 saturated heterocycles. The molecule has 0 heterocycles. The maximum atomic E-state index is 11.2. The molecule has 1 amide bonds. The molecule has 2 N–H and O–H groups in total. The maximum absolute atomic E-state index is 11.2. The van der Waals surface area contributed by atoms with E-state index in [1.807, 2.05) is 0 Å². The molecule has 1 aromatic carbocycles. The summed E-state index contributed by atoms with van der Waals surface area (Å²) in [5.74, 6) is -1.87. The molecule has 0 aromatic heterocycles. The van der Waals surface area contributed by atoms with Crippen LogP contribution in [0.4, 0.5) is 5.69 Å². The van der Waals surface area contributed by atoms with Gasteiger partial charge in [-0.15, -0.1) is 0 Å². The molecular formula is C10H6Cl2N2O3. The first-order valence-electron chi connectivity index (χ1n) is 4.35. The van der Waals surface area contributed by atoms with Crippen molar-refractivity contribution in [2.24, 2.45) is 0 Å². The molecular weight excluding hydrogens is 267 g/mol. The first-order valence-corrected chi connectivity index (χ1v) is 5.10. The van der Waals surface area contributed by atoms with Gasteiger partial charge in [-0.05, 0) is 12.1 Å². The number of rotatable bonds is 3. The Morgan fingerprint density at radius 1 is 1.35 bits per heavy atom. The zero-order valence-corrected chi connectivity index (χ0v) is 9.84. The Bertz CT molecular complexity index is 523. The van der Waals surface area contributed by atoms with Gasteiger partial charge in [0.05, 0.1) is 27.4 Å². The van der Waals surface area contributed by atoms with Gasteiger partial charge in [0.25, 0.3) is 0 Å². The fourth-order valence-electron chi connectivity index (χ4n) is 1.09. The predicted molar refractivity (Wildman–Crippen MR) is 62.3 cm³/mol. The third-order valence-electron chi connectivity index (χ3n) is 1.80. The normalized spacial score (nSPS) is 9.47. The van der Waals surface area contributed by atoms with Crippen LogP contribution in [0.3, 0.4) is 0 Å². The summed E-state index contributed by atoms with van der Waals surface area (Å²) in [6.07, 6.45) is -0.376. The topological polar surface area (TPSA) is 90.2 Å². The van der Waals surface area contributed by atoms with Crippen molar-refractivity contribution in [2.45, 2.75) is 6.42 Å². The lowest BCUT2D eigenvalue weighted by Crippen LogP contribution is -2.13. The van der Waals surface area contributed by atoms with E-state index >= 15 is 0 Å². The number of anilines is 1. The maximum Gasteiger partial charge on any atom is 0.337 e. The molecule has 5 nitrogen and oxygen atoms in total. The van der Waals surface area contributed by atoms with Gasteiger partial charge in [-0.2, -0.15) is 5.26 Å². The molecule has 1 rings (SSSR count). The summed E-state index contributed by atoms with van der Waals surface area (Å²) in [5, 5.41) is 19.7. The largest absolute Gasteiger partial charge is 0.478 e. The average molecular weight is 273 g/mol. The van der Waals surface area contributed by atoms with Gasteiger partial charge in [0.15, 0.2) is 0 Å². The van der Waals surface area contributed by atoms with Gasteiger partial charge in [0.2, 0.25) is 5.91 Å². The highest BCUT2D eigenvalue weighted by molar-refractivity contribution is 6.42. The van der Waals surface area contributed by atoms with Crippen molar-refractivity contribution in [3.05, 3.63) is 27.7 Å². The lowest BCUT2D eigenvalue weighted by molar-refractivity contribution is -0.115. The Hall–Kier alpha value is -1.77. The number of hydrogen-bond donors (Lipinski definition) is 2. The van der Waals surface area contributed by atoms with E-state index in [0.717, 1.165) is 6.07 Å². The van der Waals surface area contributed by atoms with Crippen LogP contribution in [0.2, 0.25) is 10.0 Å². The fourth-order valence-corrected chi connectivity index (χ4v) is 1.42. The van der Waals surface area contributed by atoms with Crippen molar-refractivity contribution in [1.29, 1.82) is 5.26 Å². The molecule has 0 unspecified atom stereocenters. The second-order valence-electron chi connectivity index (χ2n) is 3.00. The molecule has 0 radical (unpaired) electrons. The van der Waals surface area contributed by atoms with Crippen molar-refractivity contribution in [3.8, 4) is 6.07 Å². The van der Waals surface area contributed by atoms with Crippen LogP contribution >= 0.6 is 23.2 Å². The number of amides is 1. The minimum atomic E-state index is -1.25. The molecule has 0 atom stereocenters. The average Bonchev–Trinajstić information content (AvgIpc) is 2.23. The number of carboxylic acid groups (broad SMARTS) is 1. The predicted octanol–water partition coefficient (Wildman–Crippen LogP) is 2.54. The van der Waals surface area contributed by atoms with Gasteiger partial charge >= 0.3 is 5.97 Å². The minimum Gasteiger partial charge on any atom is -0.478 e. The summed E-state index contributed by atoms with van der Waals surface area (Å²) < 4.78 is 0. The summed E-state index contributed by atoms with van der Waals surface area (Å²) in [4.78, 5) is 22.1. The first kappa shape index (κ1) is 13.3. The summed E-state index contributed by atoms with van der Waals surface area (Å²) in [5.41, 5.74) is -0.183. The molecule has 1 aromatic rings. The number of nitrogens with zero attached hydrogens (tertiary/aromatic N) is 1. The number of carbonyl (C=O) groups is 2. The van der Waals surface area contributed by atoms with E-state index in [0.29, 0.717) is 0 Å². The number of halogens is 2. The van der Waals surface area contributed by atoms with Crippen molar-refractivity contribution in [2.75, 3.05) is 5.32 Å². The summed E-state index contributed by atoms with van der Waals surface area (Å²) >= 11 is 11.4. The zero-order valence-electron chi connectivity index (χ0n) is 8.33. The highest BCUT2D eigenvalue weighted by Gasteiger charge is 2.15. The Morgan fingerprint density at radius 3 is 2.47 bits per heavy atom. The molecule has 88 valence electrons. The second-order valence-corrected chi connectivity index (χ2v) is 3.81. The highest BCUT2D eigenvalue weighted by atomic mass is 35.5. The van der Waals surface area contributed by atoms with E-state index in [9.17, 15) is 9.59 Å². The van der Waals surface area contributed by atoms with E-state index in [1.165, 1.54) is 6.07 Å². The minimum absolute atomic E-state index is 0.00662. The Labute approximate surface area is 107 Å². The summed E-state index contributed by atoms with van der Waals surface area (Å²) in [7, 11) is 0. The van der Waals surface area contributed by atoms with E-state index in [4.69, 9.17) is 33.6 Å². The quantitative estimate of drug-likeness (QED) is 0.885. The second kappa shape index (κ2) is 5.53. The molecule has 0 spiro atoms. The third-order valence-corrected chi connectivity index (χ3v) is 2.53. The number of hydrogen-bond acceptors (Lipinski definition) is 3. The molecule has 0 bridgehead atoms. The lowest BCUT2D eigenvalue weighted by atomic mass is 10.1. The Balaban J connectivity index is 3.14. The van der Waals surface area contributed by atoms with E-state index in [1.54, 1.807) is 6.07 Å². The van der Waals surface area contributed by atoms with Gasteiger partial charge in [-0.3, -0.25) is 4.79 Å². The van der Waals surface area contributed by atoms with Crippen LogP contribution in [-0.4, -0.2) is 17.0 Å². The molecule has 0 aliphatic rings.